The fourth-order valence-electron chi connectivity index (χ4n) is 1.80. The first kappa shape index (κ1) is 14.8. The minimum atomic E-state index is 0.110. The third-order valence-electron chi connectivity index (χ3n) is 2.62. The molecule has 0 heterocycles. The van der Waals surface area contributed by atoms with Crippen molar-refractivity contribution in [1.82, 2.24) is 5.32 Å². The predicted octanol–water partition coefficient (Wildman–Crippen LogP) is 2.13. The highest BCUT2D eigenvalue weighted by molar-refractivity contribution is 5.42. The second-order valence-corrected chi connectivity index (χ2v) is 3.97. The Balaban J connectivity index is 2.90. The maximum atomic E-state index is 8.86. The van der Waals surface area contributed by atoms with E-state index in [1.807, 2.05) is 39.0 Å². The van der Waals surface area contributed by atoms with E-state index in [1.165, 1.54) is 0 Å². The Morgan fingerprint density at radius 3 is 2.56 bits per heavy atom. The van der Waals surface area contributed by atoms with Gasteiger partial charge in [-0.2, -0.15) is 0 Å². The molecule has 0 saturated carbocycles. The zero-order chi connectivity index (χ0) is 13.4. The van der Waals surface area contributed by atoms with E-state index in [-0.39, 0.29) is 12.6 Å². The Morgan fingerprint density at radius 2 is 1.94 bits per heavy atom. The van der Waals surface area contributed by atoms with E-state index >= 15 is 0 Å². The van der Waals surface area contributed by atoms with Crippen molar-refractivity contribution in [2.75, 3.05) is 26.4 Å². The molecule has 0 radical (unpaired) electrons. The second kappa shape index (κ2) is 7.95. The van der Waals surface area contributed by atoms with Crippen LogP contribution in [0.1, 0.15) is 32.4 Å². The van der Waals surface area contributed by atoms with Crippen molar-refractivity contribution in [3.05, 3.63) is 23.8 Å². The average molecular weight is 253 g/mol. The third-order valence-corrected chi connectivity index (χ3v) is 2.62. The van der Waals surface area contributed by atoms with Gasteiger partial charge in [-0.1, -0.05) is 0 Å². The van der Waals surface area contributed by atoms with Crippen LogP contribution in [-0.4, -0.2) is 31.5 Å². The summed E-state index contributed by atoms with van der Waals surface area (Å²) in [6, 6.07) is 5.94. The molecular weight excluding hydrogens is 230 g/mol. The Kier molecular flexibility index (Phi) is 6.54. The van der Waals surface area contributed by atoms with Crippen molar-refractivity contribution in [3.8, 4) is 11.5 Å². The molecular formula is C14H23NO3. The van der Waals surface area contributed by atoms with Crippen molar-refractivity contribution in [2.24, 2.45) is 0 Å². The van der Waals surface area contributed by atoms with Gasteiger partial charge in [-0.25, -0.2) is 0 Å². The van der Waals surface area contributed by atoms with Crippen LogP contribution in [0.25, 0.3) is 0 Å². The predicted molar refractivity (Wildman–Crippen MR) is 72.3 cm³/mol. The highest BCUT2D eigenvalue weighted by atomic mass is 16.5. The first-order valence-electron chi connectivity index (χ1n) is 6.46. The summed E-state index contributed by atoms with van der Waals surface area (Å²) in [4.78, 5) is 0. The van der Waals surface area contributed by atoms with Gasteiger partial charge in [-0.3, -0.25) is 0 Å². The van der Waals surface area contributed by atoms with Gasteiger partial charge in [-0.15, -0.1) is 0 Å². The van der Waals surface area contributed by atoms with Gasteiger partial charge in [0.1, 0.15) is 11.5 Å². The van der Waals surface area contributed by atoms with Crippen LogP contribution in [0.5, 0.6) is 11.5 Å². The Hall–Kier alpha value is -1.26. The Labute approximate surface area is 109 Å². The normalized spacial score (nSPS) is 12.2. The number of hydrogen-bond acceptors (Lipinski definition) is 4. The molecule has 0 aliphatic carbocycles. The monoisotopic (exact) mass is 253 g/mol. The lowest BCUT2D eigenvalue weighted by molar-refractivity contribution is 0.283. The molecule has 1 aromatic carbocycles. The van der Waals surface area contributed by atoms with Crippen molar-refractivity contribution in [3.63, 3.8) is 0 Å². The van der Waals surface area contributed by atoms with E-state index < -0.39 is 0 Å². The van der Waals surface area contributed by atoms with Crippen LogP contribution in [-0.2, 0) is 0 Å². The van der Waals surface area contributed by atoms with Crippen LogP contribution in [0.3, 0.4) is 0 Å². The van der Waals surface area contributed by atoms with Gasteiger partial charge >= 0.3 is 0 Å². The standard InChI is InChI=1S/C14H23NO3/c1-4-17-12-6-7-14(18-5-2)13(10-12)11(3)15-8-9-16/h6-7,10-11,15-16H,4-5,8-9H2,1-3H3. The molecule has 1 atom stereocenters. The fourth-order valence-corrected chi connectivity index (χ4v) is 1.80. The second-order valence-electron chi connectivity index (χ2n) is 3.97. The molecule has 1 aromatic rings. The largest absolute Gasteiger partial charge is 0.494 e. The van der Waals surface area contributed by atoms with Crippen LogP contribution in [0.2, 0.25) is 0 Å². The lowest BCUT2D eigenvalue weighted by Crippen LogP contribution is -2.22. The van der Waals surface area contributed by atoms with Gasteiger partial charge in [0.2, 0.25) is 0 Å². The molecule has 0 aromatic heterocycles. The summed E-state index contributed by atoms with van der Waals surface area (Å²) in [7, 11) is 0. The van der Waals surface area contributed by atoms with Crippen LogP contribution in [0, 0.1) is 0 Å². The van der Waals surface area contributed by atoms with Crippen LogP contribution in [0.15, 0.2) is 18.2 Å². The third kappa shape index (κ3) is 4.20. The molecule has 0 bridgehead atoms. The van der Waals surface area contributed by atoms with Crippen molar-refractivity contribution in [2.45, 2.75) is 26.8 Å². The van der Waals surface area contributed by atoms with E-state index in [0.29, 0.717) is 19.8 Å². The molecule has 0 saturated heterocycles. The molecule has 102 valence electrons. The van der Waals surface area contributed by atoms with Gasteiger partial charge in [0.25, 0.3) is 0 Å². The number of benzene rings is 1. The molecule has 0 amide bonds. The molecule has 4 nitrogen and oxygen atoms in total. The summed E-state index contributed by atoms with van der Waals surface area (Å²) in [6.45, 7) is 7.93. The minimum Gasteiger partial charge on any atom is -0.494 e. The molecule has 0 spiro atoms. The van der Waals surface area contributed by atoms with Crippen molar-refractivity contribution >= 4 is 0 Å². The average Bonchev–Trinajstić information content (AvgIpc) is 2.38. The lowest BCUT2D eigenvalue weighted by atomic mass is 10.1. The smallest absolute Gasteiger partial charge is 0.124 e. The summed E-state index contributed by atoms with van der Waals surface area (Å²) >= 11 is 0. The van der Waals surface area contributed by atoms with Crippen molar-refractivity contribution in [1.29, 1.82) is 0 Å². The number of nitrogens with one attached hydrogen (secondary N) is 1. The number of aliphatic hydroxyl groups excluding tert-OH is 1. The highest BCUT2D eigenvalue weighted by Gasteiger charge is 2.12. The number of hydrogen-bond donors (Lipinski definition) is 2. The van der Waals surface area contributed by atoms with Gasteiger partial charge in [-0.05, 0) is 39.0 Å². The van der Waals surface area contributed by atoms with Gasteiger partial charge in [0, 0.05) is 18.2 Å². The van der Waals surface area contributed by atoms with Crippen LogP contribution >= 0.6 is 0 Å². The zero-order valence-electron chi connectivity index (χ0n) is 11.4. The Bertz CT molecular complexity index is 355. The zero-order valence-corrected chi connectivity index (χ0v) is 11.4. The molecule has 1 rings (SSSR count). The van der Waals surface area contributed by atoms with Gasteiger partial charge in [0.15, 0.2) is 0 Å². The maximum absolute atomic E-state index is 8.86. The number of aliphatic hydroxyl groups is 1. The number of ether oxygens (including phenoxy) is 2. The topological polar surface area (TPSA) is 50.7 Å². The molecule has 4 heteroatoms. The van der Waals surface area contributed by atoms with Crippen LogP contribution < -0.4 is 14.8 Å². The molecule has 18 heavy (non-hydrogen) atoms. The summed E-state index contributed by atoms with van der Waals surface area (Å²) in [5, 5.41) is 12.1. The van der Waals surface area contributed by atoms with Gasteiger partial charge < -0.3 is 19.9 Å². The van der Waals surface area contributed by atoms with Crippen LogP contribution in [0.4, 0.5) is 0 Å². The first-order valence-corrected chi connectivity index (χ1v) is 6.46. The minimum absolute atomic E-state index is 0.110. The first-order chi connectivity index (χ1) is 8.72. The molecule has 0 fully saturated rings. The summed E-state index contributed by atoms with van der Waals surface area (Å²) < 4.78 is 11.1. The molecule has 2 N–H and O–H groups in total. The maximum Gasteiger partial charge on any atom is 0.124 e. The molecule has 0 aliphatic rings. The summed E-state index contributed by atoms with van der Waals surface area (Å²) in [6.07, 6.45) is 0. The van der Waals surface area contributed by atoms with E-state index in [1.54, 1.807) is 0 Å². The SMILES string of the molecule is CCOc1ccc(OCC)c(C(C)NCCO)c1. The lowest BCUT2D eigenvalue weighted by Gasteiger charge is -2.18. The molecule has 1 unspecified atom stereocenters. The summed E-state index contributed by atoms with van der Waals surface area (Å²) in [5.74, 6) is 1.70. The van der Waals surface area contributed by atoms with E-state index in [4.69, 9.17) is 14.6 Å². The van der Waals surface area contributed by atoms with Gasteiger partial charge in [0.05, 0.1) is 19.8 Å². The quantitative estimate of drug-likeness (QED) is 0.745. The van der Waals surface area contributed by atoms with E-state index in [9.17, 15) is 0 Å². The summed E-state index contributed by atoms with van der Waals surface area (Å²) in [5.41, 5.74) is 1.05. The van der Waals surface area contributed by atoms with E-state index in [0.717, 1.165) is 17.1 Å². The Morgan fingerprint density at radius 1 is 1.22 bits per heavy atom. The highest BCUT2D eigenvalue weighted by Crippen LogP contribution is 2.29. The van der Waals surface area contributed by atoms with E-state index in [2.05, 4.69) is 5.32 Å². The fraction of sp³-hybridized carbons (Fsp3) is 0.571. The molecule has 0 aliphatic heterocycles. The van der Waals surface area contributed by atoms with Crippen molar-refractivity contribution < 1.29 is 14.6 Å². The number of rotatable bonds is 8.